The fourth-order valence-electron chi connectivity index (χ4n) is 5.41. The maximum Gasteiger partial charge on any atom is 0.263 e. The molecule has 214 valence electrons. The van der Waals surface area contributed by atoms with Crippen LogP contribution in [0.3, 0.4) is 0 Å². The van der Waals surface area contributed by atoms with Gasteiger partial charge in [0.25, 0.3) is 5.56 Å². The summed E-state index contributed by atoms with van der Waals surface area (Å²) in [6.07, 6.45) is 9.42. The summed E-state index contributed by atoms with van der Waals surface area (Å²) in [6.45, 7) is 4.24. The Hall–Kier alpha value is -5.06. The van der Waals surface area contributed by atoms with Crippen molar-refractivity contribution in [3.05, 3.63) is 87.7 Å². The molecule has 1 fully saturated rings. The van der Waals surface area contributed by atoms with Gasteiger partial charge in [-0.3, -0.25) is 14.2 Å². The van der Waals surface area contributed by atoms with Crippen LogP contribution in [0.2, 0.25) is 0 Å². The van der Waals surface area contributed by atoms with Crippen LogP contribution < -0.4 is 19.9 Å². The number of Topliss-reactive ketones (excluding diaryl/α,β-unsaturated/α-hetero) is 1. The summed E-state index contributed by atoms with van der Waals surface area (Å²) in [6, 6.07) is 11.6. The van der Waals surface area contributed by atoms with Crippen LogP contribution in [-0.4, -0.2) is 62.2 Å². The standard InChI is InChI=1S/C23H25N5O3.C8H6N2O/c1-15-6-8-18-17(12-15)21(29)27(14-16-7-9-19(30-2)20(13-16)31-3)23-25-24-22(28(18)23)26-10-4-5-11-26;11-8-3-1-2-7-6(8)4-9-5-10-7/h6-9,12-13H,4-5,10-11,14H2,1-3H3;1-2,4-5H,3H2. The topological polar surface area (TPSA) is 117 Å². The summed E-state index contributed by atoms with van der Waals surface area (Å²) >= 11 is 0. The Morgan fingerprint density at radius 3 is 2.52 bits per heavy atom. The highest BCUT2D eigenvalue weighted by Gasteiger charge is 2.23. The lowest BCUT2D eigenvalue weighted by molar-refractivity contribution is 0.0993. The van der Waals surface area contributed by atoms with Gasteiger partial charge in [0, 0.05) is 25.7 Å². The molecule has 0 bridgehead atoms. The summed E-state index contributed by atoms with van der Waals surface area (Å²) in [5.74, 6) is 2.71. The molecule has 0 atom stereocenters. The van der Waals surface area contributed by atoms with E-state index in [0.717, 1.165) is 54.2 Å². The van der Waals surface area contributed by atoms with Crippen molar-refractivity contribution in [1.29, 1.82) is 0 Å². The third kappa shape index (κ3) is 4.98. The number of rotatable bonds is 5. The molecule has 5 aromatic rings. The van der Waals surface area contributed by atoms with E-state index >= 15 is 0 Å². The molecule has 0 spiro atoms. The van der Waals surface area contributed by atoms with Crippen LogP contribution in [0.1, 0.15) is 46.4 Å². The van der Waals surface area contributed by atoms with Gasteiger partial charge in [-0.1, -0.05) is 23.8 Å². The largest absolute Gasteiger partial charge is 0.493 e. The third-order valence-corrected chi connectivity index (χ3v) is 7.54. The second-order valence-corrected chi connectivity index (χ2v) is 10.3. The van der Waals surface area contributed by atoms with Crippen LogP contribution in [0, 0.1) is 6.92 Å². The van der Waals surface area contributed by atoms with E-state index in [1.54, 1.807) is 25.0 Å². The molecular formula is C31H31N7O4. The Morgan fingerprint density at radius 1 is 0.952 bits per heavy atom. The minimum Gasteiger partial charge on any atom is -0.493 e. The Balaban J connectivity index is 0.000000240. The van der Waals surface area contributed by atoms with E-state index in [4.69, 9.17) is 9.47 Å². The van der Waals surface area contributed by atoms with Gasteiger partial charge in [-0.2, -0.15) is 0 Å². The molecule has 0 amide bonds. The van der Waals surface area contributed by atoms with Gasteiger partial charge in [-0.25, -0.2) is 14.4 Å². The van der Waals surface area contributed by atoms with Crippen molar-refractivity contribution in [3.8, 4) is 11.5 Å². The first-order valence-electron chi connectivity index (χ1n) is 13.8. The van der Waals surface area contributed by atoms with Crippen molar-refractivity contribution < 1.29 is 14.3 Å². The van der Waals surface area contributed by atoms with E-state index in [-0.39, 0.29) is 11.3 Å². The quantitative estimate of drug-likeness (QED) is 0.311. The molecule has 2 aromatic carbocycles. The first-order chi connectivity index (χ1) is 20.5. The van der Waals surface area contributed by atoms with Gasteiger partial charge in [-0.05, 0) is 55.7 Å². The molecular weight excluding hydrogens is 534 g/mol. The zero-order valence-electron chi connectivity index (χ0n) is 23.8. The van der Waals surface area contributed by atoms with E-state index in [1.165, 1.54) is 6.33 Å². The smallest absolute Gasteiger partial charge is 0.263 e. The molecule has 0 saturated carbocycles. The van der Waals surface area contributed by atoms with Crippen molar-refractivity contribution in [2.45, 2.75) is 32.7 Å². The normalized spacial score (nSPS) is 14.2. The Kier molecular flexibility index (Phi) is 7.39. The monoisotopic (exact) mass is 565 g/mol. The van der Waals surface area contributed by atoms with Crippen LogP contribution in [-0.2, 0) is 6.54 Å². The van der Waals surface area contributed by atoms with Crippen molar-refractivity contribution in [1.82, 2.24) is 29.1 Å². The highest BCUT2D eigenvalue weighted by atomic mass is 16.5. The van der Waals surface area contributed by atoms with Crippen LogP contribution >= 0.6 is 0 Å². The van der Waals surface area contributed by atoms with E-state index in [0.29, 0.717) is 41.2 Å². The number of benzene rings is 2. The van der Waals surface area contributed by atoms with Gasteiger partial charge in [-0.15, -0.1) is 10.2 Å². The first kappa shape index (κ1) is 27.1. The van der Waals surface area contributed by atoms with Crippen LogP contribution in [0.15, 0.2) is 59.8 Å². The second kappa shape index (κ2) is 11.4. The highest BCUT2D eigenvalue weighted by molar-refractivity contribution is 6.01. The number of allylic oxidation sites excluding steroid dienone is 1. The molecule has 11 heteroatoms. The summed E-state index contributed by atoms with van der Waals surface area (Å²) in [5, 5.41) is 9.60. The molecule has 1 aliphatic carbocycles. The van der Waals surface area contributed by atoms with Gasteiger partial charge in [0.2, 0.25) is 11.7 Å². The average Bonchev–Trinajstić information content (AvgIpc) is 3.70. The van der Waals surface area contributed by atoms with E-state index in [2.05, 4.69) is 25.1 Å². The Bertz CT molecular complexity index is 1890. The van der Waals surface area contributed by atoms with Crippen molar-refractivity contribution in [2.75, 3.05) is 32.2 Å². The summed E-state index contributed by atoms with van der Waals surface area (Å²) in [7, 11) is 3.21. The fraction of sp³-hybridized carbons (Fsp3) is 0.290. The number of methoxy groups -OCH3 is 2. The number of fused-ring (bicyclic) bond motifs is 4. The first-order valence-corrected chi connectivity index (χ1v) is 13.8. The van der Waals surface area contributed by atoms with Gasteiger partial charge < -0.3 is 14.4 Å². The maximum absolute atomic E-state index is 13.5. The summed E-state index contributed by atoms with van der Waals surface area (Å²) < 4.78 is 14.5. The molecule has 42 heavy (non-hydrogen) atoms. The van der Waals surface area contributed by atoms with Crippen LogP contribution in [0.5, 0.6) is 11.5 Å². The van der Waals surface area contributed by atoms with Crippen LogP contribution in [0.4, 0.5) is 5.95 Å². The Labute approximate surface area is 242 Å². The lowest BCUT2D eigenvalue weighted by Gasteiger charge is -2.17. The maximum atomic E-state index is 13.5. The van der Waals surface area contributed by atoms with Crippen LogP contribution in [0.25, 0.3) is 22.8 Å². The predicted octanol–water partition coefficient (Wildman–Crippen LogP) is 4.09. The van der Waals surface area contributed by atoms with Crippen molar-refractivity contribution >= 4 is 34.5 Å². The van der Waals surface area contributed by atoms with E-state index in [9.17, 15) is 9.59 Å². The number of aryl methyl sites for hydroxylation is 1. The molecule has 0 unspecified atom stereocenters. The third-order valence-electron chi connectivity index (χ3n) is 7.54. The lowest BCUT2D eigenvalue weighted by Crippen LogP contribution is -2.26. The van der Waals surface area contributed by atoms with Crippen molar-refractivity contribution in [2.24, 2.45) is 0 Å². The minimum absolute atomic E-state index is 0.0821. The lowest BCUT2D eigenvalue weighted by atomic mass is 10.0. The fourth-order valence-corrected chi connectivity index (χ4v) is 5.41. The summed E-state index contributed by atoms with van der Waals surface area (Å²) in [4.78, 5) is 34.6. The number of hydrogen-bond donors (Lipinski definition) is 0. The van der Waals surface area contributed by atoms with E-state index < -0.39 is 0 Å². The second-order valence-electron chi connectivity index (χ2n) is 10.3. The molecule has 1 saturated heterocycles. The molecule has 7 rings (SSSR count). The molecule has 0 N–H and O–H groups in total. The number of anilines is 1. The average molecular weight is 566 g/mol. The molecule has 2 aliphatic rings. The molecule has 0 radical (unpaired) electrons. The van der Waals surface area contributed by atoms with Gasteiger partial charge in [0.05, 0.1) is 42.9 Å². The highest BCUT2D eigenvalue weighted by Crippen LogP contribution is 2.29. The summed E-state index contributed by atoms with van der Waals surface area (Å²) in [5.41, 5.74) is 4.07. The number of aromatic nitrogens is 6. The number of carbonyl (C=O) groups excluding carboxylic acids is 1. The van der Waals surface area contributed by atoms with Crippen molar-refractivity contribution in [3.63, 3.8) is 0 Å². The molecule has 3 aromatic heterocycles. The zero-order chi connectivity index (χ0) is 29.2. The number of nitrogens with zero attached hydrogens (tertiary/aromatic N) is 7. The van der Waals surface area contributed by atoms with Gasteiger partial charge in [0.15, 0.2) is 17.3 Å². The SMILES string of the molecule is COc1ccc(Cn2c(=O)c3cc(C)ccc3n3c(N4CCCC4)nnc23)cc1OC.O=C1CC=Cc2ncncc21. The Morgan fingerprint density at radius 2 is 1.76 bits per heavy atom. The van der Waals surface area contributed by atoms with Gasteiger partial charge >= 0.3 is 0 Å². The van der Waals surface area contributed by atoms with Gasteiger partial charge in [0.1, 0.15) is 6.33 Å². The number of ether oxygens (including phenoxy) is 2. The number of hydrogen-bond acceptors (Lipinski definition) is 9. The van der Waals surface area contributed by atoms with E-state index in [1.807, 2.05) is 59.9 Å². The predicted molar refractivity (Wildman–Crippen MR) is 160 cm³/mol. The minimum atomic E-state index is -0.0821. The molecule has 11 nitrogen and oxygen atoms in total. The zero-order valence-corrected chi connectivity index (χ0v) is 23.8. The molecule has 1 aliphatic heterocycles. The number of carbonyl (C=O) groups is 1. The molecule has 4 heterocycles. The number of ketones is 1.